The first-order chi connectivity index (χ1) is 12.7. The van der Waals surface area contributed by atoms with E-state index in [0.717, 1.165) is 30.1 Å². The summed E-state index contributed by atoms with van der Waals surface area (Å²) in [6.45, 7) is 2.17. The van der Waals surface area contributed by atoms with Gasteiger partial charge in [0.05, 0.1) is 11.6 Å². The smallest absolute Gasteiger partial charge is 0.0991 e. The predicted molar refractivity (Wildman–Crippen MR) is 106 cm³/mol. The second kappa shape index (κ2) is 7.35. The summed E-state index contributed by atoms with van der Waals surface area (Å²) >= 11 is 0. The second-order valence-corrected chi connectivity index (χ2v) is 7.58. The zero-order chi connectivity index (χ0) is 17.9. The Morgan fingerprint density at radius 3 is 2.85 bits per heavy atom. The molecule has 0 amide bonds. The van der Waals surface area contributed by atoms with Crippen molar-refractivity contribution in [1.29, 1.82) is 5.26 Å². The molecule has 26 heavy (non-hydrogen) atoms. The highest BCUT2D eigenvalue weighted by atomic mass is 15.1. The van der Waals surface area contributed by atoms with Gasteiger partial charge in [-0.3, -0.25) is 0 Å². The van der Waals surface area contributed by atoms with Crippen LogP contribution in [0.5, 0.6) is 0 Å². The minimum Gasteiger partial charge on any atom is -0.361 e. The molecule has 3 aromatic rings. The molecule has 1 heterocycles. The Kier molecular flexibility index (Phi) is 4.77. The lowest BCUT2D eigenvalue weighted by Gasteiger charge is -2.16. The fraction of sp³-hybridized carbons (Fsp3) is 0.348. The Balaban J connectivity index is 1.29. The van der Waals surface area contributed by atoms with E-state index < -0.39 is 0 Å². The highest BCUT2D eigenvalue weighted by molar-refractivity contribution is 5.85. The molecule has 1 fully saturated rings. The molecule has 1 saturated carbocycles. The number of aromatic nitrogens is 1. The number of benzene rings is 2. The standard InChI is InChI=1S/C23H25N3/c1-26(16-17-6-3-2-4-7-17)11-5-8-19-13-20(19)22-15-25-23-10-9-18(14-24)12-21(22)23/h2-4,6-7,9-10,12,15,19-20,25H,5,8,11,13,16H2,1H3/t19-,20-/m1/s1. The molecule has 2 atom stereocenters. The van der Waals surface area contributed by atoms with E-state index in [4.69, 9.17) is 5.26 Å². The summed E-state index contributed by atoms with van der Waals surface area (Å²) in [6.07, 6.45) is 5.97. The van der Waals surface area contributed by atoms with Crippen LogP contribution in [0.2, 0.25) is 0 Å². The molecule has 1 N–H and O–H groups in total. The molecule has 0 radical (unpaired) electrons. The number of nitrogens with zero attached hydrogens (tertiary/aromatic N) is 2. The van der Waals surface area contributed by atoms with E-state index >= 15 is 0 Å². The molecule has 0 unspecified atom stereocenters. The fourth-order valence-electron chi connectivity index (χ4n) is 4.06. The monoisotopic (exact) mass is 343 g/mol. The average Bonchev–Trinajstić information content (AvgIpc) is 3.30. The zero-order valence-corrected chi connectivity index (χ0v) is 15.3. The van der Waals surface area contributed by atoms with E-state index in [-0.39, 0.29) is 0 Å². The number of nitriles is 1. The van der Waals surface area contributed by atoms with E-state index in [9.17, 15) is 0 Å². The van der Waals surface area contributed by atoms with Gasteiger partial charge in [0.2, 0.25) is 0 Å². The quantitative estimate of drug-likeness (QED) is 0.652. The van der Waals surface area contributed by atoms with Gasteiger partial charge in [-0.25, -0.2) is 0 Å². The SMILES string of the molecule is CN(CCC[C@@H]1C[C@H]1c1c[nH]c2ccc(C#N)cc12)Cc1ccccc1. The second-order valence-electron chi connectivity index (χ2n) is 7.58. The lowest BCUT2D eigenvalue weighted by atomic mass is 10.0. The van der Waals surface area contributed by atoms with Gasteiger partial charge in [0, 0.05) is 23.6 Å². The molecule has 2 aromatic carbocycles. The van der Waals surface area contributed by atoms with E-state index in [0.29, 0.717) is 5.92 Å². The van der Waals surface area contributed by atoms with Gasteiger partial charge >= 0.3 is 0 Å². The maximum Gasteiger partial charge on any atom is 0.0991 e. The van der Waals surface area contributed by atoms with Crippen molar-refractivity contribution in [1.82, 2.24) is 9.88 Å². The number of hydrogen-bond donors (Lipinski definition) is 1. The zero-order valence-electron chi connectivity index (χ0n) is 15.3. The summed E-state index contributed by atoms with van der Waals surface area (Å²) in [6, 6.07) is 18.9. The topological polar surface area (TPSA) is 42.8 Å². The molecule has 0 saturated heterocycles. The molecule has 3 heteroatoms. The fourth-order valence-corrected chi connectivity index (χ4v) is 4.06. The molecule has 1 aliphatic rings. The van der Waals surface area contributed by atoms with Crippen LogP contribution in [0.4, 0.5) is 0 Å². The van der Waals surface area contributed by atoms with Crippen LogP contribution in [-0.2, 0) is 6.54 Å². The lowest BCUT2D eigenvalue weighted by Crippen LogP contribution is -2.19. The summed E-state index contributed by atoms with van der Waals surface area (Å²) in [7, 11) is 2.21. The largest absolute Gasteiger partial charge is 0.361 e. The molecule has 1 aliphatic carbocycles. The van der Waals surface area contributed by atoms with Crippen LogP contribution >= 0.6 is 0 Å². The highest BCUT2D eigenvalue weighted by Gasteiger charge is 2.38. The highest BCUT2D eigenvalue weighted by Crippen LogP contribution is 2.51. The van der Waals surface area contributed by atoms with Gasteiger partial charge in [-0.1, -0.05) is 30.3 Å². The normalized spacial score (nSPS) is 19.0. The molecular formula is C23H25N3. The third-order valence-electron chi connectivity index (χ3n) is 5.57. The van der Waals surface area contributed by atoms with Crippen molar-refractivity contribution in [3.05, 3.63) is 71.4 Å². The van der Waals surface area contributed by atoms with Crippen LogP contribution in [0.15, 0.2) is 54.7 Å². The number of nitrogens with one attached hydrogen (secondary N) is 1. The maximum absolute atomic E-state index is 9.14. The van der Waals surface area contributed by atoms with E-state index in [1.54, 1.807) is 0 Å². The lowest BCUT2D eigenvalue weighted by molar-refractivity contribution is 0.315. The molecule has 4 rings (SSSR count). The minimum atomic E-state index is 0.664. The third kappa shape index (κ3) is 3.66. The van der Waals surface area contributed by atoms with Crippen LogP contribution in [0, 0.1) is 17.2 Å². The number of H-pyrrole nitrogens is 1. The van der Waals surface area contributed by atoms with Gasteiger partial charge in [-0.05, 0) is 74.0 Å². The Bertz CT molecular complexity index is 920. The van der Waals surface area contributed by atoms with Crippen molar-refractivity contribution in [2.75, 3.05) is 13.6 Å². The molecule has 0 spiro atoms. The van der Waals surface area contributed by atoms with E-state index in [1.165, 1.54) is 35.8 Å². The molecule has 0 aliphatic heterocycles. The van der Waals surface area contributed by atoms with Crippen molar-refractivity contribution in [2.24, 2.45) is 5.92 Å². The summed E-state index contributed by atoms with van der Waals surface area (Å²) in [5.41, 5.74) is 4.68. The number of rotatable bonds is 7. The van der Waals surface area contributed by atoms with Crippen molar-refractivity contribution < 1.29 is 0 Å². The molecular weight excluding hydrogens is 318 g/mol. The van der Waals surface area contributed by atoms with Gasteiger partial charge in [0.1, 0.15) is 0 Å². The number of aromatic amines is 1. The van der Waals surface area contributed by atoms with Gasteiger partial charge in [0.15, 0.2) is 0 Å². The van der Waals surface area contributed by atoms with Crippen molar-refractivity contribution in [3.63, 3.8) is 0 Å². The van der Waals surface area contributed by atoms with Crippen LogP contribution in [-0.4, -0.2) is 23.5 Å². The predicted octanol–water partition coefficient (Wildman–Crippen LogP) is 5.06. The molecule has 0 bridgehead atoms. The number of hydrogen-bond acceptors (Lipinski definition) is 2. The maximum atomic E-state index is 9.14. The average molecular weight is 343 g/mol. The minimum absolute atomic E-state index is 0.664. The van der Waals surface area contributed by atoms with Gasteiger partial charge in [-0.15, -0.1) is 0 Å². The van der Waals surface area contributed by atoms with Crippen LogP contribution in [0.3, 0.4) is 0 Å². The molecule has 1 aromatic heterocycles. The van der Waals surface area contributed by atoms with Crippen molar-refractivity contribution in [2.45, 2.75) is 31.7 Å². The van der Waals surface area contributed by atoms with Crippen molar-refractivity contribution >= 4 is 10.9 Å². The van der Waals surface area contributed by atoms with Crippen molar-refractivity contribution in [3.8, 4) is 6.07 Å². The van der Waals surface area contributed by atoms with E-state index in [1.807, 2.05) is 18.2 Å². The van der Waals surface area contributed by atoms with Gasteiger partial charge in [-0.2, -0.15) is 5.26 Å². The summed E-state index contributed by atoms with van der Waals surface area (Å²) in [5.74, 6) is 1.46. The first-order valence-corrected chi connectivity index (χ1v) is 9.48. The van der Waals surface area contributed by atoms with E-state index in [2.05, 4.69) is 59.5 Å². The molecule has 132 valence electrons. The van der Waals surface area contributed by atoms with Gasteiger partial charge in [0.25, 0.3) is 0 Å². The molecule has 3 nitrogen and oxygen atoms in total. The third-order valence-corrected chi connectivity index (χ3v) is 5.57. The van der Waals surface area contributed by atoms with Crippen LogP contribution < -0.4 is 0 Å². The van der Waals surface area contributed by atoms with Gasteiger partial charge < -0.3 is 9.88 Å². The number of fused-ring (bicyclic) bond motifs is 1. The Morgan fingerprint density at radius 2 is 2.04 bits per heavy atom. The Labute approximate surface area is 155 Å². The summed E-state index contributed by atoms with van der Waals surface area (Å²) in [5, 5.41) is 10.4. The first-order valence-electron chi connectivity index (χ1n) is 9.48. The summed E-state index contributed by atoms with van der Waals surface area (Å²) < 4.78 is 0. The van der Waals surface area contributed by atoms with Crippen LogP contribution in [0.1, 0.15) is 41.9 Å². The summed E-state index contributed by atoms with van der Waals surface area (Å²) in [4.78, 5) is 5.78. The Morgan fingerprint density at radius 1 is 1.19 bits per heavy atom. The first kappa shape index (κ1) is 16.9. The Hall–Kier alpha value is -2.57. The van der Waals surface area contributed by atoms with Crippen LogP contribution in [0.25, 0.3) is 10.9 Å².